The van der Waals surface area contributed by atoms with E-state index >= 15 is 0 Å². The van der Waals surface area contributed by atoms with Crippen molar-refractivity contribution >= 4 is 63.1 Å². The smallest absolute Gasteiger partial charge is 0.338 e. The van der Waals surface area contributed by atoms with Gasteiger partial charge in [0.1, 0.15) is 6.04 Å². The Hall–Kier alpha value is -5.52. The van der Waals surface area contributed by atoms with Gasteiger partial charge in [-0.15, -0.1) is 0 Å². The number of aliphatic carboxylic acids is 3. The minimum atomic E-state index is -1.25. The second kappa shape index (κ2) is 13.5. The van der Waals surface area contributed by atoms with Crippen molar-refractivity contribution in [1.82, 2.24) is 25.3 Å². The summed E-state index contributed by atoms with van der Waals surface area (Å²) in [6, 6.07) is 4.51. The second-order valence-corrected chi connectivity index (χ2v) is 12.7. The van der Waals surface area contributed by atoms with Crippen LogP contribution in [0, 0.1) is 13.8 Å². The van der Waals surface area contributed by atoms with Crippen LogP contribution in [0.2, 0.25) is 0 Å². The van der Waals surface area contributed by atoms with Crippen LogP contribution < -0.4 is 5.32 Å². The highest BCUT2D eigenvalue weighted by Crippen LogP contribution is 2.43. The molecule has 2 aliphatic rings. The molecular formula is C37H41N5O7. The van der Waals surface area contributed by atoms with Gasteiger partial charge in [-0.25, -0.2) is 9.78 Å². The van der Waals surface area contributed by atoms with Gasteiger partial charge in [0, 0.05) is 57.1 Å². The van der Waals surface area contributed by atoms with E-state index in [0.717, 1.165) is 44.3 Å². The molecule has 0 fully saturated rings. The average molecular weight is 668 g/mol. The Balaban J connectivity index is 1.99. The van der Waals surface area contributed by atoms with Crippen molar-refractivity contribution in [2.24, 2.45) is 0 Å². The Morgan fingerprint density at radius 2 is 1.63 bits per heavy atom. The number of carbonyl (C=O) groups excluding carboxylic acids is 1. The van der Waals surface area contributed by atoms with E-state index < -0.39 is 42.2 Å². The highest BCUT2D eigenvalue weighted by atomic mass is 16.4. The molecule has 12 nitrogen and oxygen atoms in total. The maximum Gasteiger partial charge on any atom is 0.338 e. The number of allylic oxidation sites excluding steroid dienone is 1. The number of hydrogen-bond donors (Lipinski definition) is 6. The summed E-state index contributed by atoms with van der Waals surface area (Å²) in [6.07, 6.45) is 2.02. The summed E-state index contributed by atoms with van der Waals surface area (Å²) >= 11 is 0. The molecule has 1 amide bonds. The maximum atomic E-state index is 13.4. The second-order valence-electron chi connectivity index (χ2n) is 12.7. The fraction of sp³-hybridized carbons (Fsp3) is 0.351. The first-order chi connectivity index (χ1) is 23.2. The lowest BCUT2D eigenvalue weighted by molar-refractivity contribution is -0.141. The Morgan fingerprint density at radius 3 is 2.24 bits per heavy atom. The average Bonchev–Trinajstić information content (AvgIpc) is 3.71. The summed E-state index contributed by atoms with van der Waals surface area (Å²) in [7, 11) is 0. The van der Waals surface area contributed by atoms with Crippen LogP contribution >= 0.6 is 0 Å². The number of carboxylic acids is 3. The minimum absolute atomic E-state index is 0.0365. The van der Waals surface area contributed by atoms with E-state index in [1.54, 1.807) is 19.1 Å². The van der Waals surface area contributed by atoms with Crippen LogP contribution in [-0.2, 0) is 32.0 Å². The zero-order valence-corrected chi connectivity index (χ0v) is 28.4. The molecule has 3 unspecified atom stereocenters. The zero-order chi connectivity index (χ0) is 35.9. The number of rotatable bonds is 10. The van der Waals surface area contributed by atoms with Crippen molar-refractivity contribution in [2.45, 2.75) is 85.1 Å². The molecule has 2 aliphatic heterocycles. The summed E-state index contributed by atoms with van der Waals surface area (Å²) in [4.78, 5) is 66.6. The van der Waals surface area contributed by atoms with Crippen molar-refractivity contribution in [3.05, 3.63) is 75.4 Å². The molecule has 5 heterocycles. The van der Waals surface area contributed by atoms with Crippen molar-refractivity contribution in [1.29, 1.82) is 0 Å². The summed E-state index contributed by atoms with van der Waals surface area (Å²) < 4.78 is 0. The van der Waals surface area contributed by atoms with Gasteiger partial charge in [-0.2, -0.15) is 0 Å². The molecule has 5 rings (SSSR count). The van der Waals surface area contributed by atoms with E-state index in [4.69, 9.17) is 9.97 Å². The van der Waals surface area contributed by atoms with Crippen LogP contribution in [0.3, 0.4) is 0 Å². The van der Waals surface area contributed by atoms with Gasteiger partial charge in [-0.1, -0.05) is 26.5 Å². The summed E-state index contributed by atoms with van der Waals surface area (Å²) in [6.45, 7) is 15.0. The molecule has 0 radical (unpaired) electrons. The van der Waals surface area contributed by atoms with Gasteiger partial charge in [0.15, 0.2) is 0 Å². The SMILES string of the molecule is C=Cc1c(C)c2cc3nc(c(CC(=O)NC(C)C(=O)O)c4nc(cc5[nH]c(cc1[nH]2)c(C)c5CC)C(C)=C4C(=O)O)C(CCC(=O)O)C3C. The molecular weight excluding hydrogens is 626 g/mol. The van der Waals surface area contributed by atoms with Gasteiger partial charge in [-0.05, 0) is 81.0 Å². The van der Waals surface area contributed by atoms with Crippen LogP contribution in [0.5, 0.6) is 0 Å². The summed E-state index contributed by atoms with van der Waals surface area (Å²) in [5.41, 5.74) is 8.97. The molecule has 49 heavy (non-hydrogen) atoms. The third kappa shape index (κ3) is 6.50. The van der Waals surface area contributed by atoms with Gasteiger partial charge in [0.25, 0.3) is 0 Å². The van der Waals surface area contributed by atoms with Crippen molar-refractivity contribution in [2.75, 3.05) is 0 Å². The number of amides is 1. The Morgan fingerprint density at radius 1 is 0.959 bits per heavy atom. The number of fused-ring (bicyclic) bond motifs is 8. The van der Waals surface area contributed by atoms with Crippen LogP contribution in [-0.4, -0.2) is 65.1 Å². The van der Waals surface area contributed by atoms with E-state index in [1.165, 1.54) is 6.92 Å². The molecule has 12 heteroatoms. The number of aromatic amines is 2. The molecule has 256 valence electrons. The summed E-state index contributed by atoms with van der Waals surface area (Å²) in [5, 5.41) is 32.1. The Labute approximate surface area is 283 Å². The lowest BCUT2D eigenvalue weighted by Gasteiger charge is -2.18. The Kier molecular flexibility index (Phi) is 9.62. The normalized spacial score (nSPS) is 16.4. The molecule has 3 aromatic heterocycles. The van der Waals surface area contributed by atoms with E-state index in [1.807, 2.05) is 39.8 Å². The lowest BCUT2D eigenvalue weighted by atomic mass is 9.84. The third-order valence-electron chi connectivity index (χ3n) is 9.70. The van der Waals surface area contributed by atoms with Crippen molar-refractivity contribution < 1.29 is 34.5 Å². The number of carboxylic acid groups (broad SMARTS) is 3. The lowest BCUT2D eigenvalue weighted by Crippen LogP contribution is -2.39. The molecule has 0 aliphatic carbocycles. The standard InChI is InChI=1S/C37H41N5O7/c1-8-21-16(3)25-13-27-18(5)23(10-11-32(44)45)34(41-27)24(12-31(43)38-20(7)36(46)47)35-33(37(48)49)19(6)28(42-35)15-30-22(9-2)17(4)26(40-30)14-29(21)39-25/h8,13-15,18,20,23,39-40H,1,9-12H2,2-7H3,(H,38,43)(H,44,45)(H,46,47)(H,48,49). The molecule has 0 aromatic carbocycles. The van der Waals surface area contributed by atoms with Gasteiger partial charge in [-0.3, -0.25) is 19.4 Å². The van der Waals surface area contributed by atoms with Crippen LogP contribution in [0.4, 0.5) is 0 Å². The number of nitrogens with zero attached hydrogens (tertiary/aromatic N) is 2. The fourth-order valence-electron chi connectivity index (χ4n) is 6.89. The number of hydrogen-bond acceptors (Lipinski definition) is 6. The van der Waals surface area contributed by atoms with Crippen LogP contribution in [0.25, 0.3) is 39.3 Å². The number of aromatic nitrogens is 4. The van der Waals surface area contributed by atoms with Gasteiger partial charge < -0.3 is 30.6 Å². The number of nitrogens with one attached hydrogen (secondary N) is 3. The van der Waals surface area contributed by atoms with E-state index in [-0.39, 0.29) is 35.6 Å². The zero-order valence-electron chi connectivity index (χ0n) is 28.4. The van der Waals surface area contributed by atoms with Crippen LogP contribution in [0.15, 0.2) is 24.8 Å². The molecule has 0 saturated carbocycles. The van der Waals surface area contributed by atoms with Gasteiger partial charge in [0.2, 0.25) is 5.91 Å². The first-order valence-corrected chi connectivity index (χ1v) is 16.2. The molecule has 3 aromatic rings. The van der Waals surface area contributed by atoms with Crippen LogP contribution in [0.1, 0.15) is 103 Å². The van der Waals surface area contributed by atoms with E-state index in [0.29, 0.717) is 29.1 Å². The van der Waals surface area contributed by atoms with Crippen molar-refractivity contribution in [3.8, 4) is 0 Å². The van der Waals surface area contributed by atoms with E-state index in [2.05, 4.69) is 21.9 Å². The van der Waals surface area contributed by atoms with Crippen molar-refractivity contribution in [3.63, 3.8) is 0 Å². The maximum absolute atomic E-state index is 13.4. The molecule has 6 N–H and O–H groups in total. The monoisotopic (exact) mass is 667 g/mol. The topological polar surface area (TPSA) is 198 Å². The largest absolute Gasteiger partial charge is 0.481 e. The number of aryl methyl sites for hydroxylation is 3. The minimum Gasteiger partial charge on any atom is -0.481 e. The first kappa shape index (κ1) is 34.8. The number of carbonyl (C=O) groups is 4. The van der Waals surface area contributed by atoms with E-state index in [9.17, 15) is 34.5 Å². The Bertz CT molecular complexity index is 2120. The molecule has 8 bridgehead atoms. The third-order valence-corrected chi connectivity index (χ3v) is 9.70. The molecule has 0 saturated heterocycles. The fourth-order valence-corrected chi connectivity index (χ4v) is 6.89. The molecule has 0 spiro atoms. The highest BCUT2D eigenvalue weighted by Gasteiger charge is 2.35. The van der Waals surface area contributed by atoms with Gasteiger partial charge in [0.05, 0.1) is 29.1 Å². The van der Waals surface area contributed by atoms with Gasteiger partial charge >= 0.3 is 17.9 Å². The predicted octanol–water partition coefficient (Wildman–Crippen LogP) is 6.04. The predicted molar refractivity (Wildman–Crippen MR) is 187 cm³/mol. The summed E-state index contributed by atoms with van der Waals surface area (Å²) in [5.74, 6) is -4.99. The molecule has 3 atom stereocenters. The number of H-pyrrole nitrogens is 2. The highest BCUT2D eigenvalue weighted by molar-refractivity contribution is 6.24. The quantitative estimate of drug-likeness (QED) is 0.149. The first-order valence-electron chi connectivity index (χ1n) is 16.2.